The van der Waals surface area contributed by atoms with Crippen molar-refractivity contribution in [2.45, 2.75) is 37.6 Å². The Kier molecular flexibility index (Phi) is 3.40. The molecule has 1 aliphatic carbocycles. The minimum atomic E-state index is -0.308. The average molecular weight is 154 g/mol. The minimum absolute atomic E-state index is 0.308. The Morgan fingerprint density at radius 2 is 2.00 bits per heavy atom. The fourth-order valence-electron chi connectivity index (χ4n) is 1.54. The van der Waals surface area contributed by atoms with E-state index in [0.29, 0.717) is 0 Å². The molecule has 56 valence electrons. The summed E-state index contributed by atoms with van der Waals surface area (Å²) in [5.74, 6) is 0. The van der Waals surface area contributed by atoms with Gasteiger partial charge in [0.2, 0.25) is 0 Å². The summed E-state index contributed by atoms with van der Waals surface area (Å²) in [6.45, 7) is 0. The van der Waals surface area contributed by atoms with E-state index in [-0.39, 0.29) is 9.68 Å². The van der Waals surface area contributed by atoms with Crippen LogP contribution in [0.3, 0.4) is 0 Å². The Morgan fingerprint density at radius 1 is 1.30 bits per heavy atom. The predicted octanol–water partition coefficient (Wildman–Crippen LogP) is 1.58. The van der Waals surface area contributed by atoms with E-state index in [2.05, 4.69) is 10.7 Å². The third kappa shape index (κ3) is 2.46. The molecule has 0 spiro atoms. The number of hydrogen-bond acceptors (Lipinski definition) is 2. The van der Waals surface area contributed by atoms with Gasteiger partial charge in [0.25, 0.3) is 0 Å². The molecule has 0 aromatic carbocycles. The molecule has 0 aliphatic heterocycles. The summed E-state index contributed by atoms with van der Waals surface area (Å²) in [4.78, 5) is 0. The van der Waals surface area contributed by atoms with Crippen molar-refractivity contribution in [2.24, 2.45) is 4.66 Å². The van der Waals surface area contributed by atoms with E-state index in [4.69, 9.17) is 5.41 Å². The van der Waals surface area contributed by atoms with Gasteiger partial charge in [0.1, 0.15) is 0 Å². The first kappa shape index (κ1) is 7.70. The SMILES string of the molecule is N=C=N[SiH2]C1CCCCC1. The van der Waals surface area contributed by atoms with Crippen molar-refractivity contribution in [3.05, 3.63) is 0 Å². The van der Waals surface area contributed by atoms with Crippen molar-refractivity contribution in [3.8, 4) is 0 Å². The van der Waals surface area contributed by atoms with Crippen molar-refractivity contribution in [2.75, 3.05) is 0 Å². The topological polar surface area (TPSA) is 36.2 Å². The lowest BCUT2D eigenvalue weighted by Crippen LogP contribution is -2.05. The Hall–Kier alpha value is -0.403. The first-order valence-electron chi connectivity index (χ1n) is 4.01. The highest BCUT2D eigenvalue weighted by atomic mass is 28.2. The average Bonchev–Trinajstić information content (AvgIpc) is 2.03. The lowest BCUT2D eigenvalue weighted by atomic mass is 10.0. The highest BCUT2D eigenvalue weighted by Gasteiger charge is 2.12. The van der Waals surface area contributed by atoms with Gasteiger partial charge in [-0.25, -0.2) is 5.41 Å². The summed E-state index contributed by atoms with van der Waals surface area (Å²) in [6, 6.07) is 2.15. The van der Waals surface area contributed by atoms with E-state index < -0.39 is 0 Å². The molecule has 0 radical (unpaired) electrons. The maximum atomic E-state index is 6.64. The second-order valence-corrected chi connectivity index (χ2v) is 4.79. The van der Waals surface area contributed by atoms with Crippen LogP contribution < -0.4 is 0 Å². The highest BCUT2D eigenvalue weighted by molar-refractivity contribution is 6.36. The zero-order chi connectivity index (χ0) is 7.23. The molecule has 1 aliphatic rings. The van der Waals surface area contributed by atoms with Gasteiger partial charge in [-0.3, -0.25) is 4.66 Å². The predicted molar refractivity (Wildman–Crippen MR) is 45.5 cm³/mol. The van der Waals surface area contributed by atoms with Crippen LogP contribution in [0, 0.1) is 5.41 Å². The van der Waals surface area contributed by atoms with Crippen molar-refractivity contribution in [1.29, 1.82) is 5.41 Å². The van der Waals surface area contributed by atoms with Gasteiger partial charge in [-0.1, -0.05) is 32.1 Å². The Bertz CT molecular complexity index is 135. The van der Waals surface area contributed by atoms with Crippen LogP contribution in [0.1, 0.15) is 32.1 Å². The molecule has 0 aromatic rings. The molecule has 3 heteroatoms. The summed E-state index contributed by atoms with van der Waals surface area (Å²) < 4.78 is 3.95. The molecule has 0 heterocycles. The van der Waals surface area contributed by atoms with Gasteiger partial charge in [0, 0.05) is 0 Å². The van der Waals surface area contributed by atoms with Gasteiger partial charge >= 0.3 is 0 Å². The van der Waals surface area contributed by atoms with Gasteiger partial charge in [0.05, 0.1) is 6.01 Å². The lowest BCUT2D eigenvalue weighted by molar-refractivity contribution is 0.500. The second-order valence-electron chi connectivity index (χ2n) is 2.96. The molecular weight excluding hydrogens is 140 g/mol. The van der Waals surface area contributed by atoms with Crippen LogP contribution in [0.25, 0.3) is 0 Å². The monoisotopic (exact) mass is 154 g/mol. The molecule has 1 fully saturated rings. The summed E-state index contributed by atoms with van der Waals surface area (Å²) in [5, 5.41) is 6.64. The van der Waals surface area contributed by atoms with E-state index >= 15 is 0 Å². The normalized spacial score (nSPS) is 21.2. The van der Waals surface area contributed by atoms with Crippen molar-refractivity contribution in [3.63, 3.8) is 0 Å². The Labute approximate surface area is 64.2 Å². The molecule has 0 saturated heterocycles. The molecule has 2 nitrogen and oxygen atoms in total. The number of rotatable bonds is 2. The molecule has 1 saturated carbocycles. The van der Waals surface area contributed by atoms with Crippen LogP contribution in [0.15, 0.2) is 4.66 Å². The fraction of sp³-hybridized carbons (Fsp3) is 0.857. The third-order valence-electron chi connectivity index (χ3n) is 2.15. The summed E-state index contributed by atoms with van der Waals surface area (Å²) in [6.07, 6.45) is 6.95. The molecule has 0 unspecified atom stereocenters. The van der Waals surface area contributed by atoms with Gasteiger partial charge in [-0.2, -0.15) is 0 Å². The van der Waals surface area contributed by atoms with Gasteiger partial charge < -0.3 is 0 Å². The first-order valence-corrected chi connectivity index (χ1v) is 5.46. The largest absolute Gasteiger partial charge is 0.275 e. The number of nitrogens with one attached hydrogen (secondary N) is 1. The van der Waals surface area contributed by atoms with Crippen LogP contribution in [-0.4, -0.2) is 15.7 Å². The fourth-order valence-corrected chi connectivity index (χ4v) is 2.84. The maximum Gasteiger partial charge on any atom is 0.168 e. The molecule has 0 bridgehead atoms. The van der Waals surface area contributed by atoms with Gasteiger partial charge in [0.15, 0.2) is 9.68 Å². The van der Waals surface area contributed by atoms with E-state index in [1.807, 2.05) is 0 Å². The van der Waals surface area contributed by atoms with Crippen molar-refractivity contribution >= 4 is 15.7 Å². The van der Waals surface area contributed by atoms with Crippen LogP contribution in [-0.2, 0) is 0 Å². The first-order chi connectivity index (χ1) is 4.93. The Morgan fingerprint density at radius 3 is 2.60 bits per heavy atom. The molecule has 1 rings (SSSR count). The molecule has 0 amide bonds. The quantitative estimate of drug-likeness (QED) is 0.463. The van der Waals surface area contributed by atoms with Crippen LogP contribution in [0.2, 0.25) is 5.54 Å². The molecule has 1 N–H and O–H groups in total. The van der Waals surface area contributed by atoms with Gasteiger partial charge in [-0.05, 0) is 5.54 Å². The Balaban J connectivity index is 2.19. The summed E-state index contributed by atoms with van der Waals surface area (Å²) in [7, 11) is -0.308. The van der Waals surface area contributed by atoms with Crippen LogP contribution >= 0.6 is 0 Å². The van der Waals surface area contributed by atoms with E-state index in [1.54, 1.807) is 0 Å². The van der Waals surface area contributed by atoms with E-state index in [0.717, 1.165) is 5.54 Å². The van der Waals surface area contributed by atoms with Crippen molar-refractivity contribution in [1.82, 2.24) is 0 Å². The van der Waals surface area contributed by atoms with Crippen molar-refractivity contribution < 1.29 is 0 Å². The third-order valence-corrected chi connectivity index (χ3v) is 3.83. The molecule has 0 atom stereocenters. The molecule has 10 heavy (non-hydrogen) atoms. The van der Waals surface area contributed by atoms with E-state index in [1.165, 1.54) is 32.1 Å². The zero-order valence-electron chi connectivity index (χ0n) is 6.27. The van der Waals surface area contributed by atoms with E-state index in [9.17, 15) is 0 Å². The summed E-state index contributed by atoms with van der Waals surface area (Å²) in [5.41, 5.74) is 0.895. The maximum absolute atomic E-state index is 6.64. The van der Waals surface area contributed by atoms with Crippen LogP contribution in [0.4, 0.5) is 0 Å². The minimum Gasteiger partial charge on any atom is -0.275 e. The standard InChI is InChI=1S/C7H14N2Si/c8-6-9-10-7-4-2-1-3-5-7/h7-8H,1-5,10H2. The van der Waals surface area contributed by atoms with Crippen LogP contribution in [0.5, 0.6) is 0 Å². The second kappa shape index (κ2) is 4.42. The smallest absolute Gasteiger partial charge is 0.168 e. The van der Waals surface area contributed by atoms with Gasteiger partial charge in [-0.15, -0.1) is 0 Å². The highest BCUT2D eigenvalue weighted by Crippen LogP contribution is 2.27. The number of hydrogen-bond donors (Lipinski definition) is 1. The molecular formula is C7H14N2Si. The zero-order valence-corrected chi connectivity index (χ0v) is 7.68. The number of nitrogens with zero attached hydrogens (tertiary/aromatic N) is 1. The lowest BCUT2D eigenvalue weighted by Gasteiger charge is -2.17. The molecule has 0 aromatic heterocycles. The summed E-state index contributed by atoms with van der Waals surface area (Å²) >= 11 is 0.